The second-order valence-corrected chi connectivity index (χ2v) is 5.18. The summed E-state index contributed by atoms with van der Waals surface area (Å²) >= 11 is 0. The number of nitrogens with one attached hydrogen (secondary N) is 1. The molecule has 6 nitrogen and oxygen atoms in total. The van der Waals surface area contributed by atoms with Gasteiger partial charge in [0.05, 0.1) is 24.9 Å². The molecule has 0 bridgehead atoms. The standard InChI is InChI=1S/C13H17N5O/c1-2-11-13(15-16-14-11)12(3-1)18-6-4-17(5-7-18)10-8-19-9-10/h1-3,10H,4-9H2,(H,14,15,16). The smallest absolute Gasteiger partial charge is 0.136 e. The van der Waals surface area contributed by atoms with Crippen LogP contribution in [0.3, 0.4) is 0 Å². The van der Waals surface area contributed by atoms with Gasteiger partial charge in [-0.1, -0.05) is 6.07 Å². The maximum atomic E-state index is 5.27. The zero-order chi connectivity index (χ0) is 12.7. The molecule has 0 unspecified atom stereocenters. The Balaban J connectivity index is 1.52. The topological polar surface area (TPSA) is 57.3 Å². The van der Waals surface area contributed by atoms with Gasteiger partial charge in [-0.2, -0.15) is 15.4 Å². The van der Waals surface area contributed by atoms with E-state index in [1.54, 1.807) is 0 Å². The van der Waals surface area contributed by atoms with Crippen LogP contribution in [0.15, 0.2) is 18.2 Å². The van der Waals surface area contributed by atoms with Crippen molar-refractivity contribution in [2.24, 2.45) is 0 Å². The van der Waals surface area contributed by atoms with Crippen molar-refractivity contribution in [2.75, 3.05) is 44.3 Å². The number of ether oxygens (including phenoxy) is 1. The zero-order valence-electron chi connectivity index (χ0n) is 10.7. The van der Waals surface area contributed by atoms with Crippen molar-refractivity contribution in [1.82, 2.24) is 20.3 Å². The van der Waals surface area contributed by atoms with Crippen LogP contribution in [0.2, 0.25) is 0 Å². The number of nitrogens with zero attached hydrogens (tertiary/aromatic N) is 4. The maximum absolute atomic E-state index is 5.27. The van der Waals surface area contributed by atoms with Crippen molar-refractivity contribution in [3.8, 4) is 0 Å². The predicted molar refractivity (Wildman–Crippen MR) is 72.3 cm³/mol. The minimum atomic E-state index is 0.644. The molecule has 100 valence electrons. The highest BCUT2D eigenvalue weighted by molar-refractivity contribution is 5.87. The van der Waals surface area contributed by atoms with Gasteiger partial charge in [0.25, 0.3) is 0 Å². The molecule has 2 aliphatic heterocycles. The zero-order valence-corrected chi connectivity index (χ0v) is 10.7. The lowest BCUT2D eigenvalue weighted by molar-refractivity contribution is -0.0660. The van der Waals surface area contributed by atoms with Crippen molar-refractivity contribution >= 4 is 16.7 Å². The highest BCUT2D eigenvalue weighted by Crippen LogP contribution is 2.25. The van der Waals surface area contributed by atoms with Crippen LogP contribution in [-0.2, 0) is 4.74 Å². The lowest BCUT2D eigenvalue weighted by atomic mass is 10.1. The van der Waals surface area contributed by atoms with Crippen LogP contribution in [0.5, 0.6) is 0 Å². The second kappa shape index (κ2) is 4.47. The van der Waals surface area contributed by atoms with Crippen molar-refractivity contribution in [2.45, 2.75) is 6.04 Å². The minimum absolute atomic E-state index is 0.644. The largest absolute Gasteiger partial charge is 0.378 e. The molecule has 6 heteroatoms. The van der Waals surface area contributed by atoms with E-state index < -0.39 is 0 Å². The van der Waals surface area contributed by atoms with Gasteiger partial charge in [-0.3, -0.25) is 4.90 Å². The summed E-state index contributed by atoms with van der Waals surface area (Å²) in [5.41, 5.74) is 3.10. The van der Waals surface area contributed by atoms with E-state index in [-0.39, 0.29) is 0 Å². The van der Waals surface area contributed by atoms with Crippen LogP contribution < -0.4 is 4.90 Å². The molecule has 0 atom stereocenters. The molecular formula is C13H17N5O. The van der Waals surface area contributed by atoms with Gasteiger partial charge in [0.2, 0.25) is 0 Å². The fourth-order valence-electron chi connectivity index (χ4n) is 2.87. The number of fused-ring (bicyclic) bond motifs is 1. The molecule has 1 aromatic heterocycles. The van der Waals surface area contributed by atoms with E-state index in [1.165, 1.54) is 5.69 Å². The Kier molecular flexibility index (Phi) is 2.63. The molecule has 4 rings (SSSR count). The number of piperazine rings is 1. The van der Waals surface area contributed by atoms with Gasteiger partial charge >= 0.3 is 0 Å². The molecule has 1 N–H and O–H groups in total. The normalized spacial score (nSPS) is 21.8. The average Bonchev–Trinajstić information content (AvgIpc) is 2.86. The summed E-state index contributed by atoms with van der Waals surface area (Å²) in [5.74, 6) is 0. The summed E-state index contributed by atoms with van der Waals surface area (Å²) in [7, 11) is 0. The molecule has 0 amide bonds. The van der Waals surface area contributed by atoms with Gasteiger partial charge in [0.1, 0.15) is 11.0 Å². The van der Waals surface area contributed by atoms with Gasteiger partial charge < -0.3 is 9.64 Å². The summed E-state index contributed by atoms with van der Waals surface area (Å²) < 4.78 is 5.27. The summed E-state index contributed by atoms with van der Waals surface area (Å²) in [4.78, 5) is 4.93. The highest BCUT2D eigenvalue weighted by Gasteiger charge is 2.29. The number of benzene rings is 1. The third-order valence-corrected chi connectivity index (χ3v) is 4.12. The van der Waals surface area contributed by atoms with Gasteiger partial charge in [0.15, 0.2) is 0 Å². The Hall–Kier alpha value is -1.66. The number of para-hydroxylation sites is 1. The van der Waals surface area contributed by atoms with Gasteiger partial charge in [-0.25, -0.2) is 0 Å². The Morgan fingerprint density at radius 1 is 1.11 bits per heavy atom. The molecule has 0 aliphatic carbocycles. The van der Waals surface area contributed by atoms with E-state index in [9.17, 15) is 0 Å². The number of anilines is 1. The van der Waals surface area contributed by atoms with Gasteiger partial charge in [-0.15, -0.1) is 0 Å². The van der Waals surface area contributed by atoms with Crippen LogP contribution in [0.4, 0.5) is 5.69 Å². The van der Waals surface area contributed by atoms with Gasteiger partial charge in [-0.05, 0) is 12.1 Å². The Labute approximate surface area is 111 Å². The SMILES string of the molecule is c1cc(N2CCN(C3COC3)CC2)c2n[nH]nc2c1. The van der Waals surface area contributed by atoms with Crippen LogP contribution in [-0.4, -0.2) is 65.7 Å². The third-order valence-electron chi connectivity index (χ3n) is 4.12. The Bertz CT molecular complexity index is 571. The number of aromatic nitrogens is 3. The van der Waals surface area contributed by atoms with Crippen molar-refractivity contribution < 1.29 is 4.74 Å². The van der Waals surface area contributed by atoms with E-state index in [1.807, 2.05) is 12.1 Å². The quantitative estimate of drug-likeness (QED) is 0.850. The summed E-state index contributed by atoms with van der Waals surface area (Å²) in [6.07, 6.45) is 0. The first kappa shape index (κ1) is 11.2. The predicted octanol–water partition coefficient (Wildman–Crippen LogP) is 0.479. The summed E-state index contributed by atoms with van der Waals surface area (Å²) in [6.45, 7) is 6.09. The fraction of sp³-hybridized carbons (Fsp3) is 0.538. The monoisotopic (exact) mass is 259 g/mol. The van der Waals surface area contributed by atoms with Crippen LogP contribution >= 0.6 is 0 Å². The van der Waals surface area contributed by atoms with E-state index in [0.717, 1.165) is 50.4 Å². The summed E-state index contributed by atoms with van der Waals surface area (Å²) in [6, 6.07) is 6.81. The van der Waals surface area contributed by atoms with Gasteiger partial charge in [0, 0.05) is 26.2 Å². The first-order chi connectivity index (χ1) is 9.42. The molecule has 2 aliphatic rings. The number of H-pyrrole nitrogens is 1. The molecule has 2 saturated heterocycles. The molecule has 3 heterocycles. The molecule has 19 heavy (non-hydrogen) atoms. The third kappa shape index (κ3) is 1.87. The average molecular weight is 259 g/mol. The fourth-order valence-corrected chi connectivity index (χ4v) is 2.87. The maximum Gasteiger partial charge on any atom is 0.136 e. The molecule has 2 aromatic rings. The van der Waals surface area contributed by atoms with E-state index >= 15 is 0 Å². The van der Waals surface area contributed by atoms with Crippen LogP contribution in [0, 0.1) is 0 Å². The first-order valence-corrected chi connectivity index (χ1v) is 6.78. The molecule has 0 radical (unpaired) electrons. The van der Waals surface area contributed by atoms with Crippen LogP contribution in [0.25, 0.3) is 11.0 Å². The first-order valence-electron chi connectivity index (χ1n) is 6.78. The number of aromatic amines is 1. The van der Waals surface area contributed by atoms with Crippen LogP contribution in [0.1, 0.15) is 0 Å². The van der Waals surface area contributed by atoms with E-state index in [4.69, 9.17) is 4.74 Å². The second-order valence-electron chi connectivity index (χ2n) is 5.18. The lowest BCUT2D eigenvalue weighted by Gasteiger charge is -2.43. The summed E-state index contributed by atoms with van der Waals surface area (Å²) in [5, 5.41) is 11.1. The molecule has 0 spiro atoms. The lowest BCUT2D eigenvalue weighted by Crippen LogP contribution is -2.56. The molecular weight excluding hydrogens is 242 g/mol. The number of hydrogen-bond donors (Lipinski definition) is 1. The molecule has 1 aromatic carbocycles. The van der Waals surface area contributed by atoms with Crippen molar-refractivity contribution in [3.05, 3.63) is 18.2 Å². The Morgan fingerprint density at radius 2 is 1.95 bits per heavy atom. The van der Waals surface area contributed by atoms with Crippen molar-refractivity contribution in [3.63, 3.8) is 0 Å². The minimum Gasteiger partial charge on any atom is -0.378 e. The van der Waals surface area contributed by atoms with E-state index in [2.05, 4.69) is 31.3 Å². The van der Waals surface area contributed by atoms with E-state index in [0.29, 0.717) is 6.04 Å². The Morgan fingerprint density at radius 3 is 2.68 bits per heavy atom. The molecule has 2 fully saturated rings. The highest BCUT2D eigenvalue weighted by atomic mass is 16.5. The number of hydrogen-bond acceptors (Lipinski definition) is 5. The number of rotatable bonds is 2. The molecule has 0 saturated carbocycles. The van der Waals surface area contributed by atoms with Crippen molar-refractivity contribution in [1.29, 1.82) is 0 Å².